The number of aromatic nitrogens is 1. The molecule has 0 saturated heterocycles. The largest absolute Gasteiger partial charge is 0.409 e. The fourth-order valence-corrected chi connectivity index (χ4v) is 2.13. The van der Waals surface area contributed by atoms with Gasteiger partial charge in [-0.3, -0.25) is 0 Å². The molecule has 1 rings (SSSR count). The lowest BCUT2D eigenvalue weighted by atomic mass is 10.1. The second kappa shape index (κ2) is 8.61. The van der Waals surface area contributed by atoms with Gasteiger partial charge in [0.15, 0.2) is 5.84 Å². The molecule has 0 spiro atoms. The molecule has 0 aliphatic rings. The van der Waals surface area contributed by atoms with Crippen LogP contribution in [0.4, 0.5) is 0 Å². The molecule has 0 aliphatic heterocycles. The molecule has 18 heavy (non-hydrogen) atoms. The quantitative estimate of drug-likeness (QED) is 0.232. The normalized spacial score (nSPS) is 11.9. The Bertz CT molecular complexity index is 358. The van der Waals surface area contributed by atoms with E-state index in [4.69, 9.17) is 10.9 Å². The van der Waals surface area contributed by atoms with Crippen molar-refractivity contribution in [2.75, 3.05) is 0 Å². The van der Waals surface area contributed by atoms with Crippen LogP contribution < -0.4 is 5.73 Å². The highest BCUT2D eigenvalue weighted by molar-refractivity contribution is 5.95. The van der Waals surface area contributed by atoms with E-state index >= 15 is 0 Å². The summed E-state index contributed by atoms with van der Waals surface area (Å²) in [5.41, 5.74) is 6.40. The van der Waals surface area contributed by atoms with Gasteiger partial charge in [0.1, 0.15) is 0 Å². The number of nitrogens with zero attached hydrogens (tertiary/aromatic N) is 2. The van der Waals surface area contributed by atoms with Crippen molar-refractivity contribution in [3.05, 3.63) is 24.0 Å². The summed E-state index contributed by atoms with van der Waals surface area (Å²) in [7, 11) is 0. The minimum absolute atomic E-state index is 0.183. The number of amidine groups is 1. The third kappa shape index (κ3) is 4.82. The molecule has 3 N–H and O–H groups in total. The number of rotatable bonds is 9. The predicted octanol–water partition coefficient (Wildman–Crippen LogP) is 3.33. The zero-order valence-electron chi connectivity index (χ0n) is 11.3. The first kappa shape index (κ1) is 14.6. The Hall–Kier alpha value is -1.45. The third-order valence-corrected chi connectivity index (χ3v) is 3.20. The lowest BCUT2D eigenvalue weighted by Gasteiger charge is -2.07. The predicted molar refractivity (Wildman–Crippen MR) is 74.9 cm³/mol. The van der Waals surface area contributed by atoms with E-state index in [2.05, 4.69) is 12.1 Å². The average molecular weight is 251 g/mol. The number of nitrogens with two attached hydrogens (primary N) is 1. The molecule has 0 atom stereocenters. The van der Waals surface area contributed by atoms with Gasteiger partial charge in [-0.25, -0.2) is 0 Å². The molecular formula is C14H25N3O. The van der Waals surface area contributed by atoms with Crippen LogP contribution in [0.25, 0.3) is 0 Å². The molecular weight excluding hydrogens is 226 g/mol. The molecule has 0 amide bonds. The highest BCUT2D eigenvalue weighted by atomic mass is 16.4. The van der Waals surface area contributed by atoms with Crippen molar-refractivity contribution < 1.29 is 5.21 Å². The van der Waals surface area contributed by atoms with Gasteiger partial charge in [0, 0.05) is 12.7 Å². The van der Waals surface area contributed by atoms with Crippen LogP contribution in [0.15, 0.2) is 23.5 Å². The van der Waals surface area contributed by atoms with Crippen molar-refractivity contribution in [3.8, 4) is 0 Å². The van der Waals surface area contributed by atoms with Gasteiger partial charge in [-0.15, -0.1) is 0 Å². The molecule has 1 heterocycles. The number of hydrogen-bond donors (Lipinski definition) is 2. The van der Waals surface area contributed by atoms with Gasteiger partial charge in [0.05, 0.1) is 5.69 Å². The first-order valence-electron chi connectivity index (χ1n) is 6.92. The number of oxime groups is 1. The van der Waals surface area contributed by atoms with Crippen LogP contribution in [0.2, 0.25) is 0 Å². The Morgan fingerprint density at radius 3 is 2.56 bits per heavy atom. The smallest absolute Gasteiger partial charge is 0.186 e. The number of hydrogen-bond acceptors (Lipinski definition) is 2. The SMILES string of the molecule is CCCCCCCCCn1cccc1/C(N)=N/O. The lowest BCUT2D eigenvalue weighted by Crippen LogP contribution is -2.18. The minimum Gasteiger partial charge on any atom is -0.409 e. The molecule has 0 aliphatic carbocycles. The van der Waals surface area contributed by atoms with Crippen LogP contribution in [-0.4, -0.2) is 15.6 Å². The number of unbranched alkanes of at least 4 members (excludes halogenated alkanes) is 6. The lowest BCUT2D eigenvalue weighted by molar-refractivity contribution is 0.318. The zero-order valence-corrected chi connectivity index (χ0v) is 11.3. The highest BCUT2D eigenvalue weighted by Gasteiger charge is 2.04. The van der Waals surface area contributed by atoms with Gasteiger partial charge >= 0.3 is 0 Å². The van der Waals surface area contributed by atoms with Crippen LogP contribution in [0.3, 0.4) is 0 Å². The Morgan fingerprint density at radius 1 is 1.22 bits per heavy atom. The fraction of sp³-hybridized carbons (Fsp3) is 0.643. The van der Waals surface area contributed by atoms with Gasteiger partial charge in [-0.05, 0) is 18.6 Å². The second-order valence-corrected chi connectivity index (χ2v) is 4.69. The maximum absolute atomic E-state index is 8.67. The van der Waals surface area contributed by atoms with Gasteiger partial charge in [0.2, 0.25) is 0 Å². The Balaban J connectivity index is 2.21. The van der Waals surface area contributed by atoms with Crippen LogP contribution in [-0.2, 0) is 6.54 Å². The molecule has 4 nitrogen and oxygen atoms in total. The van der Waals surface area contributed by atoms with E-state index in [1.165, 1.54) is 38.5 Å². The van der Waals surface area contributed by atoms with E-state index in [0.29, 0.717) is 0 Å². The maximum Gasteiger partial charge on any atom is 0.186 e. The molecule has 0 radical (unpaired) electrons. The molecule has 0 fully saturated rings. The minimum atomic E-state index is 0.183. The Morgan fingerprint density at radius 2 is 1.89 bits per heavy atom. The van der Waals surface area contributed by atoms with Crippen molar-refractivity contribution in [3.63, 3.8) is 0 Å². The molecule has 0 aromatic carbocycles. The van der Waals surface area contributed by atoms with Crippen LogP contribution >= 0.6 is 0 Å². The Labute approximate surface area is 109 Å². The summed E-state index contributed by atoms with van der Waals surface area (Å²) in [6, 6.07) is 3.80. The van der Waals surface area contributed by atoms with Gasteiger partial charge in [0.25, 0.3) is 0 Å². The highest BCUT2D eigenvalue weighted by Crippen LogP contribution is 2.09. The molecule has 0 saturated carbocycles. The van der Waals surface area contributed by atoms with Crippen molar-refractivity contribution in [1.82, 2.24) is 4.57 Å². The van der Waals surface area contributed by atoms with E-state index in [1.54, 1.807) is 0 Å². The van der Waals surface area contributed by atoms with Crippen molar-refractivity contribution in [1.29, 1.82) is 0 Å². The van der Waals surface area contributed by atoms with E-state index < -0.39 is 0 Å². The fourth-order valence-electron chi connectivity index (χ4n) is 2.13. The molecule has 1 aromatic heterocycles. The van der Waals surface area contributed by atoms with Crippen molar-refractivity contribution in [2.24, 2.45) is 10.9 Å². The summed E-state index contributed by atoms with van der Waals surface area (Å²) < 4.78 is 2.04. The van der Waals surface area contributed by atoms with E-state index in [9.17, 15) is 0 Å². The third-order valence-electron chi connectivity index (χ3n) is 3.20. The van der Waals surface area contributed by atoms with Crippen LogP contribution in [0.1, 0.15) is 57.6 Å². The van der Waals surface area contributed by atoms with Crippen LogP contribution in [0.5, 0.6) is 0 Å². The van der Waals surface area contributed by atoms with E-state index in [1.807, 2.05) is 22.9 Å². The Kier molecular flexibility index (Phi) is 6.99. The maximum atomic E-state index is 8.67. The topological polar surface area (TPSA) is 63.5 Å². The molecule has 0 bridgehead atoms. The second-order valence-electron chi connectivity index (χ2n) is 4.69. The molecule has 4 heteroatoms. The molecule has 1 aromatic rings. The monoisotopic (exact) mass is 251 g/mol. The average Bonchev–Trinajstić information content (AvgIpc) is 2.85. The van der Waals surface area contributed by atoms with Gasteiger partial charge in [-0.1, -0.05) is 50.6 Å². The zero-order chi connectivity index (χ0) is 13.2. The van der Waals surface area contributed by atoms with Crippen LogP contribution in [0, 0.1) is 0 Å². The van der Waals surface area contributed by atoms with E-state index in [-0.39, 0.29) is 5.84 Å². The first-order valence-corrected chi connectivity index (χ1v) is 6.92. The summed E-state index contributed by atoms with van der Waals surface area (Å²) in [6.07, 6.45) is 11.0. The van der Waals surface area contributed by atoms with Gasteiger partial charge < -0.3 is 15.5 Å². The van der Waals surface area contributed by atoms with Gasteiger partial charge in [-0.2, -0.15) is 0 Å². The summed E-state index contributed by atoms with van der Waals surface area (Å²) in [5.74, 6) is 0.183. The molecule has 102 valence electrons. The summed E-state index contributed by atoms with van der Waals surface area (Å²) in [4.78, 5) is 0. The summed E-state index contributed by atoms with van der Waals surface area (Å²) in [5, 5.41) is 11.7. The first-order chi connectivity index (χ1) is 8.79. The summed E-state index contributed by atoms with van der Waals surface area (Å²) >= 11 is 0. The summed E-state index contributed by atoms with van der Waals surface area (Å²) in [6.45, 7) is 3.17. The standard InChI is InChI=1S/C14H25N3O/c1-2-3-4-5-6-7-8-11-17-12-9-10-13(17)14(15)16-18/h9-10,12,18H,2-8,11H2,1H3,(H2,15,16). The van der Waals surface area contributed by atoms with Crippen molar-refractivity contribution in [2.45, 2.75) is 58.4 Å². The van der Waals surface area contributed by atoms with E-state index in [0.717, 1.165) is 18.7 Å². The van der Waals surface area contributed by atoms with Crippen molar-refractivity contribution >= 4 is 5.84 Å². The number of aryl methyl sites for hydroxylation is 1. The molecule has 0 unspecified atom stereocenters.